The van der Waals surface area contributed by atoms with Crippen LogP contribution in [-0.4, -0.2) is 24.2 Å². The molecule has 1 aliphatic rings. The fourth-order valence-electron chi connectivity index (χ4n) is 1.62. The summed E-state index contributed by atoms with van der Waals surface area (Å²) < 4.78 is 5.47. The van der Waals surface area contributed by atoms with E-state index in [1.165, 1.54) is 0 Å². The van der Waals surface area contributed by atoms with Gasteiger partial charge in [0.15, 0.2) is 6.10 Å². The van der Waals surface area contributed by atoms with Crippen LogP contribution >= 0.6 is 12.2 Å². The number of fused-ring (bicyclic) bond motifs is 1. The van der Waals surface area contributed by atoms with Gasteiger partial charge in [0, 0.05) is 7.05 Å². The van der Waals surface area contributed by atoms with E-state index in [1.807, 2.05) is 0 Å². The van der Waals surface area contributed by atoms with Gasteiger partial charge >= 0.3 is 0 Å². The van der Waals surface area contributed by atoms with E-state index in [2.05, 4.69) is 22.4 Å². The molecule has 16 heavy (non-hydrogen) atoms. The minimum absolute atomic E-state index is 0.0732. The number of rotatable bonds is 1. The third-order valence-corrected chi connectivity index (χ3v) is 2.55. The van der Waals surface area contributed by atoms with E-state index < -0.39 is 6.10 Å². The zero-order chi connectivity index (χ0) is 11.7. The Morgan fingerprint density at radius 3 is 3.00 bits per heavy atom. The second-order valence-electron chi connectivity index (χ2n) is 3.51. The zero-order valence-corrected chi connectivity index (χ0v) is 9.75. The predicted molar refractivity (Wildman–Crippen MR) is 64.6 cm³/mol. The summed E-state index contributed by atoms with van der Waals surface area (Å²) in [6.45, 7) is 1.73. The average Bonchev–Trinajstić information content (AvgIpc) is 2.28. The van der Waals surface area contributed by atoms with Crippen LogP contribution in [0.4, 0.5) is 11.4 Å². The van der Waals surface area contributed by atoms with E-state index in [0.29, 0.717) is 17.1 Å². The van der Waals surface area contributed by atoms with Gasteiger partial charge in [-0.05, 0) is 37.3 Å². The zero-order valence-electron chi connectivity index (χ0n) is 8.93. The molecule has 1 aromatic rings. The van der Waals surface area contributed by atoms with Gasteiger partial charge in [-0.25, -0.2) is 0 Å². The van der Waals surface area contributed by atoms with Crippen molar-refractivity contribution in [2.75, 3.05) is 11.9 Å². The first-order valence-corrected chi connectivity index (χ1v) is 5.20. The predicted octanol–water partition coefficient (Wildman–Crippen LogP) is 2.16. The Morgan fingerprint density at radius 1 is 1.56 bits per heavy atom. The Kier molecular flexibility index (Phi) is 2.73. The molecule has 0 saturated carbocycles. The highest BCUT2D eigenvalue weighted by Crippen LogP contribution is 2.35. The third-order valence-electron chi connectivity index (χ3n) is 2.46. The van der Waals surface area contributed by atoms with Gasteiger partial charge < -0.3 is 9.64 Å². The highest BCUT2D eigenvalue weighted by atomic mass is 32.1. The molecule has 5 heteroatoms. The molecular weight excluding hydrogens is 224 g/mol. The van der Waals surface area contributed by atoms with Crippen LogP contribution in [0, 0.1) is 0 Å². The molecule has 2 rings (SSSR count). The lowest BCUT2D eigenvalue weighted by Gasteiger charge is -2.30. The SMILES string of the molecule is CC1Oc2ccc(N=C=S)cc2N(C)C1=O. The number of nitrogens with zero attached hydrogens (tertiary/aromatic N) is 2. The molecule has 0 aromatic heterocycles. The summed E-state index contributed by atoms with van der Waals surface area (Å²) in [6, 6.07) is 5.30. The van der Waals surface area contributed by atoms with Crippen molar-refractivity contribution in [1.82, 2.24) is 0 Å². The number of ether oxygens (including phenoxy) is 1. The lowest BCUT2D eigenvalue weighted by Crippen LogP contribution is -2.41. The van der Waals surface area contributed by atoms with Gasteiger partial charge in [0.05, 0.1) is 16.5 Å². The highest BCUT2D eigenvalue weighted by molar-refractivity contribution is 7.78. The van der Waals surface area contributed by atoms with E-state index in [0.717, 1.165) is 0 Å². The standard InChI is InChI=1S/C11H10N2O2S/c1-7-11(14)13(2)9-5-8(12-6-16)3-4-10(9)15-7/h3-5,7H,1-2H3. The van der Waals surface area contributed by atoms with Crippen LogP contribution in [0.3, 0.4) is 0 Å². The second kappa shape index (κ2) is 4.04. The van der Waals surface area contributed by atoms with Gasteiger partial charge in [-0.3, -0.25) is 4.79 Å². The first-order valence-electron chi connectivity index (χ1n) is 4.79. The van der Waals surface area contributed by atoms with Crippen LogP contribution in [0.1, 0.15) is 6.92 Å². The van der Waals surface area contributed by atoms with Gasteiger partial charge in [-0.2, -0.15) is 4.99 Å². The maximum absolute atomic E-state index is 11.7. The molecule has 4 nitrogen and oxygen atoms in total. The largest absolute Gasteiger partial charge is 0.479 e. The average molecular weight is 234 g/mol. The summed E-state index contributed by atoms with van der Waals surface area (Å²) in [4.78, 5) is 17.1. The lowest BCUT2D eigenvalue weighted by atomic mass is 10.2. The summed E-state index contributed by atoms with van der Waals surface area (Å²) >= 11 is 4.53. The van der Waals surface area contributed by atoms with Crippen LogP contribution in [-0.2, 0) is 4.79 Å². The number of carbonyl (C=O) groups is 1. The number of carbonyl (C=O) groups excluding carboxylic acids is 1. The molecule has 1 aliphatic heterocycles. The van der Waals surface area contributed by atoms with Crippen LogP contribution in [0.15, 0.2) is 23.2 Å². The van der Waals surface area contributed by atoms with Crippen molar-refractivity contribution in [2.24, 2.45) is 4.99 Å². The molecule has 0 saturated heterocycles. The van der Waals surface area contributed by atoms with Gasteiger partial charge in [-0.1, -0.05) is 0 Å². The summed E-state index contributed by atoms with van der Waals surface area (Å²) in [5, 5.41) is 2.29. The molecule has 0 N–H and O–H groups in total. The molecule has 82 valence electrons. The number of likely N-dealkylation sites (N-methyl/N-ethyl adjacent to an activating group) is 1. The van der Waals surface area contributed by atoms with E-state index in [1.54, 1.807) is 37.1 Å². The molecule has 0 fully saturated rings. The first-order chi connectivity index (χ1) is 7.63. The monoisotopic (exact) mass is 234 g/mol. The van der Waals surface area contributed by atoms with E-state index in [9.17, 15) is 4.79 Å². The van der Waals surface area contributed by atoms with Gasteiger partial charge in [-0.15, -0.1) is 0 Å². The number of amides is 1. The fraction of sp³-hybridized carbons (Fsp3) is 0.273. The number of aliphatic imine (C=N–C) groups is 1. The number of thiocarbonyl (C=S) groups is 1. The summed E-state index contributed by atoms with van der Waals surface area (Å²) in [6.07, 6.45) is -0.447. The molecule has 0 spiro atoms. The molecule has 1 aromatic carbocycles. The Labute approximate surface area is 98.5 Å². The highest BCUT2D eigenvalue weighted by Gasteiger charge is 2.28. The van der Waals surface area contributed by atoms with Gasteiger partial charge in [0.1, 0.15) is 5.75 Å². The van der Waals surface area contributed by atoms with Gasteiger partial charge in [0.25, 0.3) is 5.91 Å². The lowest BCUT2D eigenvalue weighted by molar-refractivity contribution is -0.125. The Balaban J connectivity index is 2.50. The second-order valence-corrected chi connectivity index (χ2v) is 3.70. The maximum Gasteiger partial charge on any atom is 0.267 e. The normalized spacial score (nSPS) is 18.5. The Hall–Kier alpha value is -1.71. The van der Waals surface area contributed by atoms with Crippen molar-refractivity contribution in [3.63, 3.8) is 0 Å². The molecule has 1 amide bonds. The minimum atomic E-state index is -0.447. The number of anilines is 1. The molecule has 0 radical (unpaired) electrons. The molecule has 1 atom stereocenters. The topological polar surface area (TPSA) is 41.9 Å². The smallest absolute Gasteiger partial charge is 0.267 e. The fourth-order valence-corrected chi connectivity index (χ4v) is 1.73. The quantitative estimate of drug-likeness (QED) is 0.552. The maximum atomic E-state index is 11.7. The Morgan fingerprint density at radius 2 is 2.31 bits per heavy atom. The number of hydrogen-bond acceptors (Lipinski definition) is 4. The van der Waals surface area contributed by atoms with Crippen molar-refractivity contribution in [1.29, 1.82) is 0 Å². The van der Waals surface area contributed by atoms with E-state index in [-0.39, 0.29) is 5.91 Å². The molecule has 1 unspecified atom stereocenters. The molecule has 1 heterocycles. The van der Waals surface area contributed by atoms with Crippen LogP contribution < -0.4 is 9.64 Å². The van der Waals surface area contributed by atoms with E-state index in [4.69, 9.17) is 4.74 Å². The number of isothiocyanates is 1. The number of hydrogen-bond donors (Lipinski definition) is 0. The van der Waals surface area contributed by atoms with Crippen LogP contribution in [0.5, 0.6) is 5.75 Å². The molecule has 0 bridgehead atoms. The Bertz CT molecular complexity index is 495. The van der Waals surface area contributed by atoms with Gasteiger partial charge in [0.2, 0.25) is 0 Å². The van der Waals surface area contributed by atoms with Crippen molar-refractivity contribution >= 4 is 34.7 Å². The molecule has 0 aliphatic carbocycles. The van der Waals surface area contributed by atoms with Crippen molar-refractivity contribution in [3.8, 4) is 5.75 Å². The summed E-state index contributed by atoms with van der Waals surface area (Å²) in [7, 11) is 1.71. The van der Waals surface area contributed by atoms with E-state index >= 15 is 0 Å². The van der Waals surface area contributed by atoms with Crippen LogP contribution in [0.25, 0.3) is 0 Å². The van der Waals surface area contributed by atoms with Crippen molar-refractivity contribution < 1.29 is 9.53 Å². The van der Waals surface area contributed by atoms with Crippen molar-refractivity contribution in [3.05, 3.63) is 18.2 Å². The molecular formula is C11H10N2O2S. The summed E-state index contributed by atoms with van der Waals surface area (Å²) in [5.41, 5.74) is 1.36. The minimum Gasteiger partial charge on any atom is -0.479 e. The summed E-state index contributed by atoms with van der Waals surface area (Å²) in [5.74, 6) is 0.605. The third kappa shape index (κ3) is 1.71. The van der Waals surface area contributed by atoms with Crippen LogP contribution in [0.2, 0.25) is 0 Å². The van der Waals surface area contributed by atoms with Crippen molar-refractivity contribution in [2.45, 2.75) is 13.0 Å². The first kappa shape index (κ1) is 10.8. The number of benzene rings is 1.